The maximum atomic E-state index is 4.62. The molecule has 0 amide bonds. The summed E-state index contributed by atoms with van der Waals surface area (Å²) < 4.78 is 1.86. The van der Waals surface area contributed by atoms with Crippen molar-refractivity contribution >= 4 is 22.6 Å². The maximum Gasteiger partial charge on any atom is 0.183 e. The molecule has 0 saturated carbocycles. The zero-order chi connectivity index (χ0) is 11.5. The van der Waals surface area contributed by atoms with Crippen LogP contribution in [0.2, 0.25) is 0 Å². The van der Waals surface area contributed by atoms with Gasteiger partial charge in [-0.15, -0.1) is 10.2 Å². The van der Waals surface area contributed by atoms with Gasteiger partial charge in [-0.3, -0.25) is 5.01 Å². The van der Waals surface area contributed by atoms with Gasteiger partial charge in [-0.1, -0.05) is 30.0 Å². The smallest absolute Gasteiger partial charge is 0.183 e. The van der Waals surface area contributed by atoms with Crippen LogP contribution in [0, 0.1) is 0 Å². The molecule has 1 saturated heterocycles. The number of para-hydroxylation sites is 1. The maximum absolute atomic E-state index is 4.62. The fraction of sp³-hybridized carbons (Fsp3) is 0.182. The number of aliphatic imine (C=N–C) groups is 1. The van der Waals surface area contributed by atoms with Gasteiger partial charge in [-0.05, 0) is 12.1 Å². The Kier molecular flexibility index (Phi) is 2.79. The van der Waals surface area contributed by atoms with Crippen molar-refractivity contribution in [2.75, 3.05) is 17.3 Å². The summed E-state index contributed by atoms with van der Waals surface area (Å²) >= 11 is 1.74. The molecule has 6 heteroatoms. The fourth-order valence-corrected chi connectivity index (χ4v) is 2.58. The number of thioether (sulfide) groups is 1. The van der Waals surface area contributed by atoms with E-state index in [-0.39, 0.29) is 0 Å². The van der Waals surface area contributed by atoms with E-state index >= 15 is 0 Å². The number of amidine groups is 1. The number of hydrogen-bond acceptors (Lipinski definition) is 4. The number of benzene rings is 1. The Bertz CT molecular complexity index is 508. The van der Waals surface area contributed by atoms with Crippen molar-refractivity contribution in [1.29, 1.82) is 0 Å². The summed E-state index contributed by atoms with van der Waals surface area (Å²) in [7, 11) is 0. The molecular weight excluding hydrogens is 234 g/mol. The second-order valence-electron chi connectivity index (χ2n) is 3.54. The lowest BCUT2D eigenvalue weighted by molar-refractivity contribution is 0.751. The molecule has 86 valence electrons. The predicted octanol–water partition coefficient (Wildman–Crippen LogP) is 1.65. The second-order valence-corrected chi connectivity index (χ2v) is 4.61. The molecular formula is C11H11N5S. The molecule has 0 unspecified atom stereocenters. The normalized spacial score (nSPS) is 17.9. The Morgan fingerprint density at radius 1 is 1.12 bits per heavy atom. The van der Waals surface area contributed by atoms with Gasteiger partial charge in [-0.2, -0.15) is 0 Å². The highest BCUT2D eigenvalue weighted by Crippen LogP contribution is 2.21. The minimum atomic E-state index is 0.925. The lowest BCUT2D eigenvalue weighted by Crippen LogP contribution is -2.34. The van der Waals surface area contributed by atoms with Gasteiger partial charge in [0.05, 0.1) is 12.2 Å². The Morgan fingerprint density at radius 2 is 1.88 bits per heavy atom. The molecule has 1 aliphatic heterocycles. The van der Waals surface area contributed by atoms with Gasteiger partial charge in [0.2, 0.25) is 0 Å². The van der Waals surface area contributed by atoms with Gasteiger partial charge in [0.25, 0.3) is 0 Å². The van der Waals surface area contributed by atoms with Crippen molar-refractivity contribution in [1.82, 2.24) is 14.9 Å². The highest BCUT2D eigenvalue weighted by Gasteiger charge is 2.20. The Labute approximate surface area is 103 Å². The van der Waals surface area contributed by atoms with Crippen LogP contribution >= 0.6 is 11.8 Å². The Morgan fingerprint density at radius 3 is 2.65 bits per heavy atom. The predicted molar refractivity (Wildman–Crippen MR) is 69.1 cm³/mol. The van der Waals surface area contributed by atoms with Crippen LogP contribution in [0.15, 0.2) is 48.0 Å². The molecule has 0 spiro atoms. The van der Waals surface area contributed by atoms with E-state index in [1.165, 1.54) is 0 Å². The quantitative estimate of drug-likeness (QED) is 0.807. The Hall–Kier alpha value is -1.82. The van der Waals surface area contributed by atoms with Gasteiger partial charge in [0, 0.05) is 5.75 Å². The van der Waals surface area contributed by atoms with Crippen molar-refractivity contribution in [3.05, 3.63) is 43.0 Å². The largest absolute Gasteiger partial charge is 0.255 e. The molecule has 2 aromatic rings. The molecule has 3 rings (SSSR count). The van der Waals surface area contributed by atoms with Gasteiger partial charge in [-0.25, -0.2) is 9.67 Å². The molecule has 0 N–H and O–H groups in total. The van der Waals surface area contributed by atoms with E-state index in [9.17, 15) is 0 Å². The van der Waals surface area contributed by atoms with E-state index in [1.807, 2.05) is 35.0 Å². The van der Waals surface area contributed by atoms with E-state index in [0.29, 0.717) is 0 Å². The lowest BCUT2D eigenvalue weighted by Gasteiger charge is -2.17. The first-order valence-corrected chi connectivity index (χ1v) is 6.31. The monoisotopic (exact) mass is 245 g/mol. The molecule has 5 nitrogen and oxygen atoms in total. The van der Waals surface area contributed by atoms with Gasteiger partial charge in [0.1, 0.15) is 12.7 Å². The van der Waals surface area contributed by atoms with E-state index < -0.39 is 0 Å². The van der Waals surface area contributed by atoms with Crippen molar-refractivity contribution in [3.8, 4) is 0 Å². The molecule has 0 atom stereocenters. The van der Waals surface area contributed by atoms with Gasteiger partial charge < -0.3 is 0 Å². The Balaban J connectivity index is 1.90. The summed E-state index contributed by atoms with van der Waals surface area (Å²) in [6.45, 7) is 0.925. The van der Waals surface area contributed by atoms with Crippen molar-refractivity contribution in [2.24, 2.45) is 4.99 Å². The highest BCUT2D eigenvalue weighted by molar-refractivity contribution is 8.14. The van der Waals surface area contributed by atoms with Crippen LogP contribution in [0.1, 0.15) is 0 Å². The molecule has 0 bridgehead atoms. The van der Waals surface area contributed by atoms with Crippen molar-refractivity contribution in [3.63, 3.8) is 0 Å². The van der Waals surface area contributed by atoms with Crippen LogP contribution in [0.25, 0.3) is 0 Å². The molecule has 1 fully saturated rings. The summed E-state index contributed by atoms with van der Waals surface area (Å²) in [6, 6.07) is 9.96. The van der Waals surface area contributed by atoms with Gasteiger partial charge >= 0.3 is 0 Å². The van der Waals surface area contributed by atoms with Crippen LogP contribution < -0.4 is 5.01 Å². The molecule has 0 aliphatic carbocycles. The number of nitrogens with zero attached hydrogens (tertiary/aromatic N) is 5. The average Bonchev–Trinajstić information content (AvgIpc) is 3.00. The highest BCUT2D eigenvalue weighted by atomic mass is 32.2. The number of rotatable bonds is 2. The van der Waals surface area contributed by atoms with Gasteiger partial charge in [0.15, 0.2) is 5.17 Å². The summed E-state index contributed by atoms with van der Waals surface area (Å²) in [5.74, 6) is 1.03. The number of aromatic nitrogens is 3. The zero-order valence-corrected chi connectivity index (χ0v) is 9.92. The standard InChI is InChI=1S/C11H11N5S/c1-2-4-10(5-3-1)14-11-16(6-7-17-11)15-8-12-13-9-15/h1-5,8-9H,6-7H2. The summed E-state index contributed by atoms with van der Waals surface area (Å²) in [5, 5.41) is 10.7. The van der Waals surface area contributed by atoms with E-state index in [2.05, 4.69) is 20.2 Å². The molecule has 17 heavy (non-hydrogen) atoms. The molecule has 0 radical (unpaired) electrons. The summed E-state index contributed by atoms with van der Waals surface area (Å²) in [4.78, 5) is 4.62. The molecule has 1 aromatic carbocycles. The van der Waals surface area contributed by atoms with E-state index in [1.54, 1.807) is 24.4 Å². The zero-order valence-electron chi connectivity index (χ0n) is 9.10. The van der Waals surface area contributed by atoms with E-state index in [4.69, 9.17) is 0 Å². The second kappa shape index (κ2) is 4.58. The van der Waals surface area contributed by atoms with Crippen molar-refractivity contribution < 1.29 is 0 Å². The molecule has 1 aromatic heterocycles. The number of hydrogen-bond donors (Lipinski definition) is 0. The van der Waals surface area contributed by atoms with Crippen LogP contribution in [0.4, 0.5) is 5.69 Å². The lowest BCUT2D eigenvalue weighted by atomic mass is 10.3. The van der Waals surface area contributed by atoms with E-state index in [0.717, 1.165) is 23.2 Å². The first-order valence-electron chi connectivity index (χ1n) is 5.32. The minimum absolute atomic E-state index is 0.925. The van der Waals surface area contributed by atoms with Crippen LogP contribution in [0.3, 0.4) is 0 Å². The third-order valence-corrected chi connectivity index (χ3v) is 3.37. The molecule has 2 heterocycles. The first kappa shape index (κ1) is 10.3. The summed E-state index contributed by atoms with van der Waals surface area (Å²) in [6.07, 6.45) is 3.37. The molecule has 1 aliphatic rings. The summed E-state index contributed by atoms with van der Waals surface area (Å²) in [5.41, 5.74) is 0.968. The van der Waals surface area contributed by atoms with Crippen molar-refractivity contribution in [2.45, 2.75) is 0 Å². The fourth-order valence-electron chi connectivity index (χ4n) is 1.63. The third-order valence-electron chi connectivity index (χ3n) is 2.42. The SMILES string of the molecule is c1ccc(N=C2SCCN2n2cnnc2)cc1. The van der Waals surface area contributed by atoms with Crippen LogP contribution in [-0.2, 0) is 0 Å². The van der Waals surface area contributed by atoms with Crippen LogP contribution in [-0.4, -0.2) is 32.3 Å². The first-order chi connectivity index (χ1) is 8.43. The average molecular weight is 245 g/mol. The topological polar surface area (TPSA) is 46.3 Å². The third kappa shape index (κ3) is 2.16. The minimum Gasteiger partial charge on any atom is -0.255 e. The van der Waals surface area contributed by atoms with Crippen LogP contribution in [0.5, 0.6) is 0 Å².